The first-order valence-corrected chi connectivity index (χ1v) is 17.6. The van der Waals surface area contributed by atoms with Crippen molar-refractivity contribution in [3.05, 3.63) is 155 Å². The van der Waals surface area contributed by atoms with Gasteiger partial charge in [-0.3, -0.25) is 9.59 Å². The van der Waals surface area contributed by atoms with Crippen LogP contribution in [-0.4, -0.2) is 35.1 Å². The summed E-state index contributed by atoms with van der Waals surface area (Å²) in [7, 11) is -4.67. The second kappa shape index (κ2) is 14.2. The number of benzene rings is 4. The van der Waals surface area contributed by atoms with E-state index in [1.54, 1.807) is 18.2 Å². The Bertz CT molecular complexity index is 2320. The van der Waals surface area contributed by atoms with Gasteiger partial charge < -0.3 is 24.1 Å². The zero-order chi connectivity index (χ0) is 36.3. The Labute approximate surface area is 295 Å². The Hall–Kier alpha value is -5.78. The molecule has 2 heterocycles. The Morgan fingerprint density at radius 1 is 0.824 bits per heavy atom. The van der Waals surface area contributed by atoms with Crippen LogP contribution in [0.3, 0.4) is 0 Å². The minimum atomic E-state index is -4.67. The normalized spacial score (nSPS) is 15.0. The fourth-order valence-corrected chi connectivity index (χ4v) is 6.91. The molecule has 0 unspecified atom stereocenters. The molecule has 0 bridgehead atoms. The van der Waals surface area contributed by atoms with Gasteiger partial charge in [-0.05, 0) is 52.6 Å². The van der Waals surface area contributed by atoms with Crippen molar-refractivity contribution in [2.24, 2.45) is 0 Å². The lowest BCUT2D eigenvalue weighted by Crippen LogP contribution is -2.35. The second-order valence-corrected chi connectivity index (χ2v) is 14.3. The lowest BCUT2D eigenvalue weighted by atomic mass is 9.83. The molecule has 0 atom stereocenters. The standard InChI is InChI=1S/C40H36N2O8S/c1-40(2)32-24-31(51(47,48)49)20-21-33(32)41(25-29-16-12-27(13-17-29)22-38(43)44)36(40)10-4-3-5-11-37-42(34-8-6-7-9-35(34)50-37)26-30-18-14-28(15-19-30)23-39(45)46/h3-21,24H,22-23,25-26H2,1-2H3,(H2-,43,44,45,46,47,48,49). The zero-order valence-corrected chi connectivity index (χ0v) is 28.8. The first-order chi connectivity index (χ1) is 24.3. The van der Waals surface area contributed by atoms with Gasteiger partial charge in [0.05, 0.1) is 23.8 Å². The van der Waals surface area contributed by atoms with Crippen LogP contribution in [0.2, 0.25) is 0 Å². The van der Waals surface area contributed by atoms with E-state index in [1.165, 1.54) is 12.1 Å². The lowest BCUT2D eigenvalue weighted by molar-refractivity contribution is -0.669. The molecule has 0 spiro atoms. The number of oxazole rings is 1. The number of carboxylic acids is 2. The summed E-state index contributed by atoms with van der Waals surface area (Å²) in [5, 5.41) is 18.3. The van der Waals surface area contributed by atoms with Crippen molar-refractivity contribution < 1.29 is 41.8 Å². The van der Waals surface area contributed by atoms with Crippen LogP contribution in [0.15, 0.2) is 130 Å². The van der Waals surface area contributed by atoms with E-state index in [0.717, 1.165) is 39.2 Å². The largest absolute Gasteiger partial charge is 0.744 e. The highest BCUT2D eigenvalue weighted by atomic mass is 32.2. The average molecular weight is 705 g/mol. The summed E-state index contributed by atoms with van der Waals surface area (Å²) >= 11 is 0. The van der Waals surface area contributed by atoms with Crippen molar-refractivity contribution in [2.45, 2.75) is 50.1 Å². The Kier molecular flexibility index (Phi) is 9.77. The second-order valence-electron chi connectivity index (χ2n) is 12.9. The Balaban J connectivity index is 1.29. The molecule has 4 aromatic carbocycles. The molecule has 0 amide bonds. The van der Waals surface area contributed by atoms with E-state index in [9.17, 15) is 22.6 Å². The maximum atomic E-state index is 11.9. The van der Waals surface area contributed by atoms with Crippen molar-refractivity contribution in [1.29, 1.82) is 0 Å². The lowest BCUT2D eigenvalue weighted by Gasteiger charge is -2.27. The molecule has 0 saturated carbocycles. The third-order valence-electron chi connectivity index (χ3n) is 8.94. The number of rotatable bonds is 12. The minimum absolute atomic E-state index is 0.0373. The average Bonchev–Trinajstić information content (AvgIpc) is 3.52. The number of carboxylic acid groups (broad SMARTS) is 2. The quantitative estimate of drug-likeness (QED) is 0.0857. The number of aliphatic carboxylic acids is 2. The molecule has 1 aliphatic rings. The molecular formula is C40H36N2O8S. The van der Waals surface area contributed by atoms with Crippen LogP contribution in [-0.2, 0) is 51.1 Å². The van der Waals surface area contributed by atoms with Gasteiger partial charge in [0.15, 0.2) is 6.54 Å². The zero-order valence-electron chi connectivity index (χ0n) is 28.0. The van der Waals surface area contributed by atoms with Crippen LogP contribution in [0.1, 0.15) is 47.6 Å². The van der Waals surface area contributed by atoms with E-state index in [1.807, 2.05) is 109 Å². The Morgan fingerprint density at radius 2 is 1.43 bits per heavy atom. The van der Waals surface area contributed by atoms with Crippen LogP contribution >= 0.6 is 0 Å². The summed E-state index contributed by atoms with van der Waals surface area (Å²) in [5.41, 5.74) is 6.66. The van der Waals surface area contributed by atoms with E-state index in [4.69, 9.17) is 14.6 Å². The maximum absolute atomic E-state index is 11.9. The SMILES string of the molecule is CC1(C)\C(=C/C=C/C=C/c2oc3ccccc3[n+]2Cc2ccc(CC(=O)O)cc2)N(Cc2ccc(CC(=O)O)cc2)c2ccc(S(=O)(=O)[O-])cc21. The molecule has 0 saturated heterocycles. The molecule has 0 fully saturated rings. The Morgan fingerprint density at radius 3 is 2.06 bits per heavy atom. The van der Waals surface area contributed by atoms with E-state index < -0.39 is 27.5 Å². The molecule has 5 aromatic rings. The summed E-state index contributed by atoms with van der Waals surface area (Å²) in [6.07, 6.45) is 9.34. The van der Waals surface area contributed by atoms with Crippen molar-refractivity contribution in [3.63, 3.8) is 0 Å². The molecular weight excluding hydrogens is 669 g/mol. The van der Waals surface area contributed by atoms with Crippen molar-refractivity contribution in [3.8, 4) is 0 Å². The van der Waals surface area contributed by atoms with Gasteiger partial charge in [-0.2, -0.15) is 4.57 Å². The molecule has 10 nitrogen and oxygen atoms in total. The molecule has 11 heteroatoms. The summed E-state index contributed by atoms with van der Waals surface area (Å²) in [4.78, 5) is 24.0. The van der Waals surface area contributed by atoms with E-state index >= 15 is 0 Å². The predicted molar refractivity (Wildman–Crippen MR) is 191 cm³/mol. The number of aromatic nitrogens is 1. The van der Waals surface area contributed by atoms with Gasteiger partial charge >= 0.3 is 17.8 Å². The van der Waals surface area contributed by atoms with Gasteiger partial charge in [0.1, 0.15) is 10.1 Å². The number of carbonyl (C=O) groups is 2. The number of anilines is 1. The smallest absolute Gasteiger partial charge is 0.374 e. The third-order valence-corrected chi connectivity index (χ3v) is 9.77. The minimum Gasteiger partial charge on any atom is -0.744 e. The van der Waals surface area contributed by atoms with Crippen LogP contribution in [0.25, 0.3) is 17.2 Å². The molecule has 0 radical (unpaired) electrons. The number of para-hydroxylation sites is 2. The summed E-state index contributed by atoms with van der Waals surface area (Å²) in [5.74, 6) is -1.17. The number of fused-ring (bicyclic) bond motifs is 2. The summed E-state index contributed by atoms with van der Waals surface area (Å²) in [6, 6.07) is 27.0. The van der Waals surface area contributed by atoms with Crippen LogP contribution < -0.4 is 9.47 Å². The van der Waals surface area contributed by atoms with Crippen molar-refractivity contribution in [2.75, 3.05) is 4.90 Å². The highest BCUT2D eigenvalue weighted by molar-refractivity contribution is 7.85. The summed E-state index contributed by atoms with van der Waals surface area (Å²) in [6.45, 7) is 4.89. The van der Waals surface area contributed by atoms with E-state index in [0.29, 0.717) is 30.1 Å². The molecule has 0 aliphatic carbocycles. The molecule has 1 aromatic heterocycles. The van der Waals surface area contributed by atoms with Gasteiger partial charge in [-0.15, -0.1) is 0 Å². The van der Waals surface area contributed by atoms with Crippen LogP contribution in [0, 0.1) is 0 Å². The van der Waals surface area contributed by atoms with E-state index in [-0.39, 0.29) is 17.7 Å². The van der Waals surface area contributed by atoms with Crippen molar-refractivity contribution >= 4 is 44.9 Å². The van der Waals surface area contributed by atoms with Crippen molar-refractivity contribution in [1.82, 2.24) is 0 Å². The van der Waals surface area contributed by atoms with Gasteiger partial charge in [0.2, 0.25) is 5.58 Å². The molecule has 6 rings (SSSR count). The molecule has 260 valence electrons. The fourth-order valence-electron chi connectivity index (χ4n) is 6.41. The van der Waals surface area contributed by atoms with Gasteiger partial charge in [-0.25, -0.2) is 8.42 Å². The fraction of sp³-hybridized carbons (Fsp3) is 0.175. The van der Waals surface area contributed by atoms with E-state index in [2.05, 4.69) is 4.90 Å². The molecule has 1 aliphatic heterocycles. The van der Waals surface area contributed by atoms with Gasteiger partial charge in [-0.1, -0.05) is 92.7 Å². The first kappa shape index (κ1) is 35.1. The third kappa shape index (κ3) is 7.85. The number of hydrogen-bond donors (Lipinski definition) is 2. The number of allylic oxidation sites excluding steroid dienone is 5. The number of hydrogen-bond acceptors (Lipinski definition) is 7. The molecule has 51 heavy (non-hydrogen) atoms. The molecule has 2 N–H and O–H groups in total. The van der Waals surface area contributed by atoms with Gasteiger partial charge in [0.25, 0.3) is 5.52 Å². The monoisotopic (exact) mass is 704 g/mol. The highest BCUT2D eigenvalue weighted by Crippen LogP contribution is 2.49. The maximum Gasteiger partial charge on any atom is 0.374 e. The summed E-state index contributed by atoms with van der Waals surface area (Å²) < 4.78 is 44.0. The highest BCUT2D eigenvalue weighted by Gasteiger charge is 2.40. The van der Waals surface area contributed by atoms with Gasteiger partial charge in [0, 0.05) is 35.0 Å². The topological polar surface area (TPSA) is 152 Å². The first-order valence-electron chi connectivity index (χ1n) is 16.2. The predicted octanol–water partition coefficient (Wildman–Crippen LogP) is 6.38. The van der Waals surface area contributed by atoms with Crippen LogP contribution in [0.4, 0.5) is 5.69 Å². The number of nitrogens with zero attached hydrogens (tertiary/aromatic N) is 2. The van der Waals surface area contributed by atoms with Crippen LogP contribution in [0.5, 0.6) is 0 Å².